The fraction of sp³-hybridized carbons (Fsp3) is 0.381. The number of aryl methyl sites for hydroxylation is 1. The van der Waals surface area contributed by atoms with Crippen molar-refractivity contribution in [1.82, 2.24) is 5.32 Å². The van der Waals surface area contributed by atoms with Gasteiger partial charge in [-0.2, -0.15) is 26.3 Å². The van der Waals surface area contributed by atoms with Crippen LogP contribution in [0.5, 0.6) is 0 Å². The van der Waals surface area contributed by atoms with Crippen molar-refractivity contribution in [3.63, 3.8) is 0 Å². The lowest BCUT2D eigenvalue weighted by Gasteiger charge is -2.32. The maximum atomic E-state index is 13.7. The molecule has 0 radical (unpaired) electrons. The average molecular weight is 448 g/mol. The number of anilines is 1. The zero-order valence-electron chi connectivity index (χ0n) is 16.8. The molecule has 31 heavy (non-hydrogen) atoms. The molecular formula is C21H22F6N2O2. The van der Waals surface area contributed by atoms with E-state index < -0.39 is 35.6 Å². The van der Waals surface area contributed by atoms with Gasteiger partial charge in [0, 0.05) is 18.7 Å². The number of rotatable bonds is 7. The van der Waals surface area contributed by atoms with Gasteiger partial charge in [-0.05, 0) is 47.9 Å². The fourth-order valence-electron chi connectivity index (χ4n) is 2.87. The number of nitrogens with one attached hydrogen (secondary N) is 2. The van der Waals surface area contributed by atoms with Crippen LogP contribution in [0.25, 0.3) is 0 Å². The minimum absolute atomic E-state index is 0.155. The number of halogens is 6. The Balaban J connectivity index is 2.25. The van der Waals surface area contributed by atoms with Gasteiger partial charge in [0.2, 0.25) is 11.5 Å². The van der Waals surface area contributed by atoms with Crippen molar-refractivity contribution >= 4 is 11.6 Å². The highest BCUT2D eigenvalue weighted by atomic mass is 19.4. The molecule has 0 unspecified atom stereocenters. The summed E-state index contributed by atoms with van der Waals surface area (Å²) in [6, 6.07) is 7.13. The molecule has 0 heterocycles. The number of alkyl halides is 6. The van der Waals surface area contributed by atoms with E-state index in [9.17, 15) is 36.2 Å². The van der Waals surface area contributed by atoms with Gasteiger partial charge in [-0.3, -0.25) is 4.79 Å². The zero-order chi connectivity index (χ0) is 23.4. The average Bonchev–Trinajstić information content (AvgIpc) is 2.69. The summed E-state index contributed by atoms with van der Waals surface area (Å²) >= 11 is 0. The van der Waals surface area contributed by atoms with Crippen LogP contribution in [-0.2, 0) is 23.1 Å². The topological polar surface area (TPSA) is 61.4 Å². The molecule has 170 valence electrons. The predicted octanol–water partition coefficient (Wildman–Crippen LogP) is 4.90. The normalized spacial score (nSPS) is 14.1. The molecule has 2 rings (SSSR count). The van der Waals surface area contributed by atoms with Gasteiger partial charge in [0.15, 0.2) is 0 Å². The Morgan fingerprint density at radius 3 is 2.19 bits per heavy atom. The van der Waals surface area contributed by atoms with Crippen LogP contribution >= 0.6 is 0 Å². The second-order valence-corrected chi connectivity index (χ2v) is 7.06. The van der Waals surface area contributed by atoms with Crippen molar-refractivity contribution in [2.75, 3.05) is 11.9 Å². The third kappa shape index (κ3) is 5.90. The smallest absolute Gasteiger partial charge is 0.381 e. The Morgan fingerprint density at radius 1 is 1.00 bits per heavy atom. The van der Waals surface area contributed by atoms with Gasteiger partial charge in [-0.15, -0.1) is 0 Å². The number of hydrogen-bond acceptors (Lipinski definition) is 3. The predicted molar refractivity (Wildman–Crippen MR) is 103 cm³/mol. The third-order valence-electron chi connectivity index (χ3n) is 4.82. The monoisotopic (exact) mass is 448 g/mol. The van der Waals surface area contributed by atoms with Crippen LogP contribution < -0.4 is 10.6 Å². The van der Waals surface area contributed by atoms with E-state index >= 15 is 0 Å². The fourth-order valence-corrected chi connectivity index (χ4v) is 2.87. The van der Waals surface area contributed by atoms with Gasteiger partial charge >= 0.3 is 12.4 Å². The lowest BCUT2D eigenvalue weighted by atomic mass is 9.91. The van der Waals surface area contributed by atoms with E-state index in [0.717, 1.165) is 17.7 Å². The van der Waals surface area contributed by atoms with Crippen LogP contribution in [0.2, 0.25) is 0 Å². The number of amides is 1. The Hall–Kier alpha value is -2.75. The van der Waals surface area contributed by atoms with Crippen molar-refractivity contribution in [2.24, 2.45) is 0 Å². The van der Waals surface area contributed by atoms with Crippen LogP contribution in [0.15, 0.2) is 42.5 Å². The SMILES string of the molecule is CCC(=O)NCc1ccc(NC[C@](O)(c2cccc(C(F)(F)F)c2)C(F)(F)F)cc1C. The van der Waals surface area contributed by atoms with Crippen molar-refractivity contribution < 1.29 is 36.2 Å². The lowest BCUT2D eigenvalue weighted by Crippen LogP contribution is -2.48. The Bertz CT molecular complexity index is 927. The summed E-state index contributed by atoms with van der Waals surface area (Å²) in [5, 5.41) is 15.5. The minimum atomic E-state index is -5.23. The van der Waals surface area contributed by atoms with Crippen molar-refractivity contribution in [1.29, 1.82) is 0 Å². The second-order valence-electron chi connectivity index (χ2n) is 7.06. The molecular weight excluding hydrogens is 426 g/mol. The Morgan fingerprint density at radius 2 is 1.65 bits per heavy atom. The van der Waals surface area contributed by atoms with E-state index in [1.165, 1.54) is 12.1 Å². The van der Waals surface area contributed by atoms with Crippen molar-refractivity contribution in [3.8, 4) is 0 Å². The molecule has 0 aliphatic heterocycles. The molecule has 3 N–H and O–H groups in total. The standard InChI is InChI=1S/C21H22F6N2O2/c1-3-18(30)28-11-14-7-8-17(9-13(14)2)29-12-19(31,21(25,26)27)15-5-4-6-16(10-15)20(22,23)24/h4-10,29,31H,3,11-12H2,1-2H3,(H,28,30)/t19-/m0/s1. The number of hydrogen-bond donors (Lipinski definition) is 3. The number of carbonyl (C=O) groups is 1. The van der Waals surface area contributed by atoms with Crippen LogP contribution in [-0.4, -0.2) is 23.7 Å². The third-order valence-corrected chi connectivity index (χ3v) is 4.82. The summed E-state index contributed by atoms with van der Waals surface area (Å²) < 4.78 is 79.7. The Labute approximate surface area is 175 Å². The molecule has 0 aliphatic carbocycles. The zero-order valence-corrected chi connectivity index (χ0v) is 16.8. The van der Waals surface area contributed by atoms with E-state index in [1.807, 2.05) is 0 Å². The van der Waals surface area contributed by atoms with E-state index in [4.69, 9.17) is 0 Å². The summed E-state index contributed by atoms with van der Waals surface area (Å²) in [5.74, 6) is -0.155. The van der Waals surface area contributed by atoms with Crippen molar-refractivity contribution in [2.45, 2.75) is 44.8 Å². The molecule has 10 heteroatoms. The van der Waals surface area contributed by atoms with Crippen molar-refractivity contribution in [3.05, 3.63) is 64.7 Å². The molecule has 4 nitrogen and oxygen atoms in total. The summed E-state index contributed by atoms with van der Waals surface area (Å²) in [4.78, 5) is 11.4. The molecule has 1 atom stereocenters. The van der Waals surface area contributed by atoms with Gasteiger partial charge in [-0.25, -0.2) is 0 Å². The van der Waals surface area contributed by atoms with E-state index in [1.54, 1.807) is 19.9 Å². The summed E-state index contributed by atoms with van der Waals surface area (Å²) in [6.07, 6.45) is -9.77. The van der Waals surface area contributed by atoms with Crippen LogP contribution in [0.3, 0.4) is 0 Å². The highest BCUT2D eigenvalue weighted by Gasteiger charge is 2.55. The summed E-state index contributed by atoms with van der Waals surface area (Å²) in [7, 11) is 0. The van der Waals surface area contributed by atoms with Gasteiger partial charge in [0.1, 0.15) is 0 Å². The van der Waals surface area contributed by atoms with E-state index in [-0.39, 0.29) is 18.1 Å². The molecule has 2 aromatic rings. The van der Waals surface area contributed by atoms with E-state index in [0.29, 0.717) is 24.1 Å². The van der Waals surface area contributed by atoms with Gasteiger partial charge in [0.05, 0.1) is 12.1 Å². The molecule has 0 saturated carbocycles. The molecule has 0 bridgehead atoms. The quantitative estimate of drug-likeness (QED) is 0.528. The maximum absolute atomic E-state index is 13.7. The molecule has 0 spiro atoms. The largest absolute Gasteiger partial charge is 0.423 e. The van der Waals surface area contributed by atoms with Gasteiger partial charge in [0.25, 0.3) is 0 Å². The van der Waals surface area contributed by atoms with Crippen LogP contribution in [0.1, 0.15) is 35.6 Å². The molecule has 1 amide bonds. The second kappa shape index (κ2) is 9.17. The van der Waals surface area contributed by atoms with Crippen LogP contribution in [0.4, 0.5) is 32.0 Å². The first-order valence-corrected chi connectivity index (χ1v) is 9.35. The molecule has 0 aromatic heterocycles. The molecule has 0 fully saturated rings. The van der Waals surface area contributed by atoms with Crippen LogP contribution in [0, 0.1) is 6.92 Å². The maximum Gasteiger partial charge on any atom is 0.423 e. The number of benzene rings is 2. The van der Waals surface area contributed by atoms with Gasteiger partial charge in [-0.1, -0.05) is 25.1 Å². The highest BCUT2D eigenvalue weighted by molar-refractivity contribution is 5.75. The van der Waals surface area contributed by atoms with E-state index in [2.05, 4.69) is 10.6 Å². The highest BCUT2D eigenvalue weighted by Crippen LogP contribution is 2.41. The molecule has 0 saturated heterocycles. The van der Waals surface area contributed by atoms with Gasteiger partial charge < -0.3 is 15.7 Å². The molecule has 2 aromatic carbocycles. The minimum Gasteiger partial charge on any atom is -0.381 e. The first kappa shape index (κ1) is 24.5. The summed E-state index contributed by atoms with van der Waals surface area (Å²) in [6.45, 7) is 2.54. The summed E-state index contributed by atoms with van der Waals surface area (Å²) in [5.41, 5.74) is -4.10. The first-order valence-electron chi connectivity index (χ1n) is 9.35. The lowest BCUT2D eigenvalue weighted by molar-refractivity contribution is -0.260. The first-order chi connectivity index (χ1) is 14.3. The Kier molecular flexibility index (Phi) is 7.25. The number of carbonyl (C=O) groups excluding carboxylic acids is 1. The molecule has 0 aliphatic rings. The number of aliphatic hydroxyl groups is 1.